The monoisotopic (exact) mass is 325 g/mol. The number of halogens is 1. The van der Waals surface area contributed by atoms with Gasteiger partial charge in [-0.05, 0) is 6.07 Å². The fraction of sp³-hybridized carbons (Fsp3) is 0.333. The van der Waals surface area contributed by atoms with Gasteiger partial charge in [0, 0.05) is 31.1 Å². The van der Waals surface area contributed by atoms with E-state index in [1.165, 1.54) is 11.3 Å². The van der Waals surface area contributed by atoms with Crippen molar-refractivity contribution in [2.45, 2.75) is 12.8 Å². The summed E-state index contributed by atoms with van der Waals surface area (Å²) < 4.78 is 10.00. The van der Waals surface area contributed by atoms with Gasteiger partial charge in [-0.2, -0.15) is 0 Å². The fourth-order valence-corrected chi connectivity index (χ4v) is 2.87. The highest BCUT2D eigenvalue weighted by Gasteiger charge is 2.11. The van der Waals surface area contributed by atoms with E-state index >= 15 is 0 Å². The highest BCUT2D eigenvalue weighted by molar-refractivity contribution is 7.13. The van der Waals surface area contributed by atoms with Crippen LogP contribution in [0.5, 0.6) is 0 Å². The molecule has 0 saturated carbocycles. The van der Waals surface area contributed by atoms with Crippen LogP contribution < -0.4 is 0 Å². The maximum Gasteiger partial charge on any atom is 0.311 e. The first-order chi connectivity index (χ1) is 10.2. The molecule has 0 radical (unpaired) electrons. The number of hydrogen-bond donors (Lipinski definition) is 0. The minimum Gasteiger partial charge on any atom is -0.465 e. The molecule has 4 nitrogen and oxygen atoms in total. The van der Waals surface area contributed by atoms with Crippen molar-refractivity contribution in [1.82, 2.24) is 4.98 Å². The van der Waals surface area contributed by atoms with Crippen LogP contribution in [0.15, 0.2) is 29.6 Å². The Morgan fingerprint density at radius 2 is 2.14 bits per heavy atom. The predicted molar refractivity (Wildman–Crippen MR) is 83.7 cm³/mol. The molecule has 1 aromatic carbocycles. The molecule has 2 rings (SSSR count). The summed E-state index contributed by atoms with van der Waals surface area (Å²) in [6.45, 7) is 0.953. The van der Waals surface area contributed by atoms with Gasteiger partial charge in [0.05, 0.1) is 23.7 Å². The molecule has 0 aliphatic rings. The summed E-state index contributed by atoms with van der Waals surface area (Å²) in [5, 5.41) is 3.32. The Morgan fingerprint density at radius 1 is 1.33 bits per heavy atom. The first-order valence-corrected chi connectivity index (χ1v) is 7.80. The molecule has 0 aliphatic carbocycles. The Balaban J connectivity index is 1.91. The average molecular weight is 326 g/mol. The molecule has 0 N–H and O–H groups in total. The first-order valence-electron chi connectivity index (χ1n) is 6.54. The summed E-state index contributed by atoms with van der Waals surface area (Å²) in [5.74, 6) is -0.276. The molecule has 0 atom stereocenters. The Kier molecular flexibility index (Phi) is 6.17. The molecular weight excluding hydrogens is 310 g/mol. The summed E-state index contributed by atoms with van der Waals surface area (Å²) in [6.07, 6.45) is 0.873. The fourth-order valence-electron chi connectivity index (χ4n) is 1.73. The second-order valence-electron chi connectivity index (χ2n) is 4.37. The smallest absolute Gasteiger partial charge is 0.311 e. The Hall–Kier alpha value is -1.43. The van der Waals surface area contributed by atoms with Gasteiger partial charge in [-0.1, -0.05) is 29.8 Å². The molecular formula is C15H16ClNO3S. The second kappa shape index (κ2) is 8.12. The van der Waals surface area contributed by atoms with Crippen LogP contribution in [0, 0.1) is 0 Å². The van der Waals surface area contributed by atoms with Crippen molar-refractivity contribution in [2.24, 2.45) is 0 Å². The lowest BCUT2D eigenvalue weighted by atomic mass is 10.2. The van der Waals surface area contributed by atoms with E-state index in [-0.39, 0.29) is 12.4 Å². The van der Waals surface area contributed by atoms with E-state index < -0.39 is 0 Å². The number of thiazole rings is 1. The van der Waals surface area contributed by atoms with Gasteiger partial charge in [-0.15, -0.1) is 11.3 Å². The van der Waals surface area contributed by atoms with Crippen LogP contribution >= 0.6 is 22.9 Å². The molecule has 0 aliphatic heterocycles. The normalized spacial score (nSPS) is 10.6. The quantitative estimate of drug-likeness (QED) is 0.576. The minimum absolute atomic E-state index is 0.175. The van der Waals surface area contributed by atoms with Crippen molar-refractivity contribution in [3.63, 3.8) is 0 Å². The van der Waals surface area contributed by atoms with Crippen molar-refractivity contribution < 1.29 is 14.3 Å². The number of methoxy groups -OCH3 is 1. The Labute approximate surface area is 132 Å². The Bertz CT molecular complexity index is 600. The third kappa shape index (κ3) is 4.81. The molecule has 6 heteroatoms. The summed E-state index contributed by atoms with van der Waals surface area (Å²) in [4.78, 5) is 16.1. The van der Waals surface area contributed by atoms with Gasteiger partial charge in [0.1, 0.15) is 5.01 Å². The number of aromatic nitrogens is 1. The lowest BCUT2D eigenvalue weighted by Gasteiger charge is -2.03. The van der Waals surface area contributed by atoms with Crippen LogP contribution in [0.2, 0.25) is 5.02 Å². The van der Waals surface area contributed by atoms with Crippen LogP contribution in [0.3, 0.4) is 0 Å². The third-order valence-corrected chi connectivity index (χ3v) is 3.99. The van der Waals surface area contributed by atoms with Crippen molar-refractivity contribution in [2.75, 3.05) is 20.3 Å². The summed E-state index contributed by atoms with van der Waals surface area (Å²) in [6, 6.07) is 7.51. The maximum atomic E-state index is 11.7. The van der Waals surface area contributed by atoms with Gasteiger partial charge < -0.3 is 9.47 Å². The first kappa shape index (κ1) is 15.9. The molecule has 0 amide bonds. The van der Waals surface area contributed by atoms with Gasteiger partial charge in [0.2, 0.25) is 0 Å². The van der Waals surface area contributed by atoms with Gasteiger partial charge in [-0.25, -0.2) is 4.98 Å². The zero-order valence-corrected chi connectivity index (χ0v) is 13.2. The summed E-state index contributed by atoms with van der Waals surface area (Å²) in [5.41, 5.74) is 1.58. The third-order valence-electron chi connectivity index (χ3n) is 2.74. The number of nitrogens with zero attached hydrogens (tertiary/aromatic N) is 1. The maximum absolute atomic E-state index is 11.7. The van der Waals surface area contributed by atoms with E-state index in [1.54, 1.807) is 7.11 Å². The summed E-state index contributed by atoms with van der Waals surface area (Å²) in [7, 11) is 1.62. The van der Waals surface area contributed by atoms with E-state index in [0.717, 1.165) is 10.6 Å². The zero-order valence-electron chi connectivity index (χ0n) is 11.7. The van der Waals surface area contributed by atoms with Gasteiger partial charge in [0.15, 0.2) is 0 Å². The standard InChI is InChI=1S/C15H16ClNO3S/c1-19-7-4-8-20-14(18)9-11-10-21-15(17-11)12-5-2-3-6-13(12)16/h2-3,5-6,10H,4,7-9H2,1H3. The Morgan fingerprint density at radius 3 is 2.90 bits per heavy atom. The predicted octanol–water partition coefficient (Wildman–Crippen LogP) is 3.59. The topological polar surface area (TPSA) is 48.4 Å². The van der Waals surface area contributed by atoms with E-state index in [4.69, 9.17) is 21.1 Å². The van der Waals surface area contributed by atoms with Crippen molar-refractivity contribution in [1.29, 1.82) is 0 Å². The summed E-state index contributed by atoms with van der Waals surface area (Å²) >= 11 is 7.60. The number of carbonyl (C=O) groups is 1. The molecule has 0 fully saturated rings. The average Bonchev–Trinajstić information content (AvgIpc) is 2.92. The largest absolute Gasteiger partial charge is 0.465 e. The van der Waals surface area contributed by atoms with E-state index in [2.05, 4.69) is 4.98 Å². The lowest BCUT2D eigenvalue weighted by Crippen LogP contribution is -2.10. The van der Waals surface area contributed by atoms with Crippen LogP contribution in [0.4, 0.5) is 0 Å². The van der Waals surface area contributed by atoms with Crippen molar-refractivity contribution >= 4 is 28.9 Å². The molecule has 1 aromatic heterocycles. The van der Waals surface area contributed by atoms with Gasteiger partial charge in [0.25, 0.3) is 0 Å². The van der Waals surface area contributed by atoms with E-state index in [1.807, 2.05) is 29.6 Å². The van der Waals surface area contributed by atoms with E-state index in [9.17, 15) is 4.79 Å². The highest BCUT2D eigenvalue weighted by Crippen LogP contribution is 2.30. The number of carbonyl (C=O) groups excluding carboxylic acids is 1. The number of ether oxygens (including phenoxy) is 2. The molecule has 0 saturated heterocycles. The SMILES string of the molecule is COCCCOC(=O)Cc1csc(-c2ccccc2Cl)n1. The van der Waals surface area contributed by atoms with Crippen LogP contribution in [-0.2, 0) is 20.7 Å². The molecule has 21 heavy (non-hydrogen) atoms. The molecule has 2 aromatic rings. The van der Waals surface area contributed by atoms with Gasteiger partial charge >= 0.3 is 5.97 Å². The van der Waals surface area contributed by atoms with Crippen LogP contribution in [0.25, 0.3) is 10.6 Å². The van der Waals surface area contributed by atoms with Crippen molar-refractivity contribution in [3.8, 4) is 10.6 Å². The zero-order chi connectivity index (χ0) is 15.1. The number of esters is 1. The highest BCUT2D eigenvalue weighted by atomic mass is 35.5. The second-order valence-corrected chi connectivity index (χ2v) is 5.63. The lowest BCUT2D eigenvalue weighted by molar-refractivity contribution is -0.143. The van der Waals surface area contributed by atoms with Gasteiger partial charge in [-0.3, -0.25) is 4.79 Å². The minimum atomic E-state index is -0.276. The molecule has 112 valence electrons. The van der Waals surface area contributed by atoms with Crippen LogP contribution in [-0.4, -0.2) is 31.3 Å². The number of benzene rings is 1. The molecule has 0 unspecified atom stereocenters. The van der Waals surface area contributed by atoms with E-state index in [0.29, 0.717) is 30.4 Å². The number of hydrogen-bond acceptors (Lipinski definition) is 5. The number of rotatable bonds is 7. The van der Waals surface area contributed by atoms with Crippen LogP contribution in [0.1, 0.15) is 12.1 Å². The molecule has 1 heterocycles. The molecule has 0 bridgehead atoms. The van der Waals surface area contributed by atoms with Crippen molar-refractivity contribution in [3.05, 3.63) is 40.4 Å². The molecule has 0 spiro atoms.